The molecule has 1 aliphatic rings. The van der Waals surface area contributed by atoms with Gasteiger partial charge in [0.25, 0.3) is 0 Å². The Hall–Kier alpha value is -1.10. The van der Waals surface area contributed by atoms with E-state index in [1.54, 1.807) is 7.11 Å². The second-order valence-electron chi connectivity index (χ2n) is 6.04. The molecular formula is C17H27NO3. The molecule has 0 radical (unpaired) electrons. The lowest BCUT2D eigenvalue weighted by Crippen LogP contribution is -2.29. The lowest BCUT2D eigenvalue weighted by molar-refractivity contribution is 0.0586. The zero-order valence-electron chi connectivity index (χ0n) is 13.3. The first-order valence-electron chi connectivity index (χ1n) is 7.77. The van der Waals surface area contributed by atoms with E-state index in [0.717, 1.165) is 25.3 Å². The highest BCUT2D eigenvalue weighted by Gasteiger charge is 2.19. The van der Waals surface area contributed by atoms with Crippen molar-refractivity contribution in [3.05, 3.63) is 29.3 Å². The molecule has 2 rings (SSSR count). The summed E-state index contributed by atoms with van der Waals surface area (Å²) in [5, 5.41) is 13.3. The number of ether oxygens (including phenoxy) is 2. The Morgan fingerprint density at radius 3 is 2.90 bits per heavy atom. The monoisotopic (exact) mass is 293 g/mol. The zero-order chi connectivity index (χ0) is 15.2. The van der Waals surface area contributed by atoms with E-state index in [9.17, 15) is 5.11 Å². The molecule has 0 aromatic heterocycles. The highest BCUT2D eigenvalue weighted by molar-refractivity contribution is 5.40. The molecule has 0 saturated heterocycles. The van der Waals surface area contributed by atoms with Gasteiger partial charge < -0.3 is 19.9 Å². The molecule has 1 aromatic rings. The Kier molecular flexibility index (Phi) is 6.03. The van der Waals surface area contributed by atoms with Crippen molar-refractivity contribution >= 4 is 0 Å². The Balaban J connectivity index is 1.95. The molecule has 0 fully saturated rings. The van der Waals surface area contributed by atoms with Crippen molar-refractivity contribution in [2.24, 2.45) is 5.92 Å². The van der Waals surface area contributed by atoms with Gasteiger partial charge in [-0.1, -0.05) is 26.0 Å². The Bertz CT molecular complexity index is 448. The number of aliphatic hydroxyl groups is 1. The van der Waals surface area contributed by atoms with E-state index in [4.69, 9.17) is 9.47 Å². The fraction of sp³-hybridized carbons (Fsp3) is 0.647. The van der Waals surface area contributed by atoms with Crippen LogP contribution in [0.3, 0.4) is 0 Å². The third kappa shape index (κ3) is 4.43. The largest absolute Gasteiger partial charge is 0.493 e. The maximum absolute atomic E-state index is 9.72. The molecule has 2 unspecified atom stereocenters. The first-order chi connectivity index (χ1) is 10.1. The van der Waals surface area contributed by atoms with Crippen molar-refractivity contribution in [1.29, 1.82) is 0 Å². The lowest BCUT2D eigenvalue weighted by atomic mass is 9.94. The average molecular weight is 293 g/mol. The maximum atomic E-state index is 9.72. The van der Waals surface area contributed by atoms with Gasteiger partial charge in [-0.3, -0.25) is 0 Å². The normalized spacial score (nSPS) is 16.6. The smallest absolute Gasteiger partial charge is 0.122 e. The van der Waals surface area contributed by atoms with Gasteiger partial charge in [0.05, 0.1) is 19.3 Å². The third-order valence-electron chi connectivity index (χ3n) is 3.94. The summed E-state index contributed by atoms with van der Waals surface area (Å²) in [7, 11) is 1.61. The highest BCUT2D eigenvalue weighted by atomic mass is 16.5. The summed E-state index contributed by atoms with van der Waals surface area (Å²) in [4.78, 5) is 0. The van der Waals surface area contributed by atoms with Gasteiger partial charge in [0.2, 0.25) is 0 Å². The summed E-state index contributed by atoms with van der Waals surface area (Å²) in [5.41, 5.74) is 2.61. The van der Waals surface area contributed by atoms with Crippen LogP contribution in [0.25, 0.3) is 0 Å². The maximum Gasteiger partial charge on any atom is 0.122 e. The fourth-order valence-electron chi connectivity index (χ4n) is 2.82. The van der Waals surface area contributed by atoms with E-state index in [0.29, 0.717) is 25.0 Å². The predicted octanol–water partition coefficient (Wildman–Crippen LogP) is 2.31. The zero-order valence-corrected chi connectivity index (χ0v) is 13.3. The van der Waals surface area contributed by atoms with Crippen LogP contribution in [0.4, 0.5) is 0 Å². The van der Waals surface area contributed by atoms with Gasteiger partial charge in [0.15, 0.2) is 0 Å². The van der Waals surface area contributed by atoms with E-state index in [1.807, 2.05) is 0 Å². The number of nitrogens with one attached hydrogen (secondary N) is 1. The predicted molar refractivity (Wildman–Crippen MR) is 83.7 cm³/mol. The first kappa shape index (κ1) is 16.3. The SMILES string of the molecule is COCC(O)CCNC(c1ccc2c(c1)CCO2)C(C)C. The number of aliphatic hydroxyl groups excluding tert-OH is 1. The Morgan fingerprint density at radius 2 is 2.19 bits per heavy atom. The van der Waals surface area contributed by atoms with Gasteiger partial charge in [0, 0.05) is 19.6 Å². The standard InChI is InChI=1S/C17H27NO3/c1-12(2)17(18-8-6-15(19)11-20-3)14-4-5-16-13(10-14)7-9-21-16/h4-5,10,12,15,17-19H,6-9,11H2,1-3H3. The van der Waals surface area contributed by atoms with E-state index >= 15 is 0 Å². The topological polar surface area (TPSA) is 50.7 Å². The Labute approximate surface area is 127 Å². The minimum absolute atomic E-state index is 0.297. The van der Waals surface area contributed by atoms with Crippen LogP contribution >= 0.6 is 0 Å². The van der Waals surface area contributed by atoms with Crippen LogP contribution in [0.5, 0.6) is 5.75 Å². The first-order valence-corrected chi connectivity index (χ1v) is 7.77. The molecule has 4 heteroatoms. The van der Waals surface area contributed by atoms with Crippen LogP contribution in [0.1, 0.15) is 37.4 Å². The van der Waals surface area contributed by atoms with Crippen LogP contribution in [-0.2, 0) is 11.2 Å². The van der Waals surface area contributed by atoms with Gasteiger partial charge in [-0.2, -0.15) is 0 Å². The number of hydrogen-bond acceptors (Lipinski definition) is 4. The number of fused-ring (bicyclic) bond motifs is 1. The van der Waals surface area contributed by atoms with Crippen molar-refractivity contribution in [2.45, 2.75) is 38.8 Å². The lowest BCUT2D eigenvalue weighted by Gasteiger charge is -2.24. The molecular weight excluding hydrogens is 266 g/mol. The number of methoxy groups -OCH3 is 1. The van der Waals surface area contributed by atoms with Crippen LogP contribution in [0, 0.1) is 5.92 Å². The van der Waals surface area contributed by atoms with Crippen LogP contribution < -0.4 is 10.1 Å². The molecule has 2 atom stereocenters. The summed E-state index contributed by atoms with van der Waals surface area (Å²) in [6.45, 7) is 6.40. The molecule has 4 nitrogen and oxygen atoms in total. The summed E-state index contributed by atoms with van der Waals surface area (Å²) < 4.78 is 10.5. The fourth-order valence-corrected chi connectivity index (χ4v) is 2.82. The molecule has 1 aliphatic heterocycles. The van der Waals surface area contributed by atoms with Crippen molar-refractivity contribution in [3.8, 4) is 5.75 Å². The average Bonchev–Trinajstić information content (AvgIpc) is 2.90. The second-order valence-corrected chi connectivity index (χ2v) is 6.04. The van der Waals surface area contributed by atoms with Gasteiger partial charge >= 0.3 is 0 Å². The molecule has 1 aromatic carbocycles. The summed E-state index contributed by atoms with van der Waals surface area (Å²) in [6, 6.07) is 6.78. The molecule has 0 aliphatic carbocycles. The molecule has 1 heterocycles. The van der Waals surface area contributed by atoms with Gasteiger partial charge in [-0.15, -0.1) is 0 Å². The minimum atomic E-state index is -0.399. The van der Waals surface area contributed by atoms with Crippen molar-refractivity contribution in [1.82, 2.24) is 5.32 Å². The third-order valence-corrected chi connectivity index (χ3v) is 3.94. The molecule has 0 saturated carbocycles. The number of hydrogen-bond donors (Lipinski definition) is 2. The molecule has 0 bridgehead atoms. The summed E-state index contributed by atoms with van der Waals surface area (Å²) in [5.74, 6) is 1.52. The highest BCUT2D eigenvalue weighted by Crippen LogP contribution is 2.30. The summed E-state index contributed by atoms with van der Waals surface area (Å²) in [6.07, 6.45) is 1.30. The van der Waals surface area contributed by atoms with Crippen LogP contribution in [-0.4, -0.2) is 38.1 Å². The molecule has 0 spiro atoms. The number of rotatable bonds is 8. The van der Waals surface area contributed by atoms with E-state index < -0.39 is 6.10 Å². The van der Waals surface area contributed by atoms with Gasteiger partial charge in [-0.05, 0) is 36.1 Å². The quantitative estimate of drug-likeness (QED) is 0.772. The van der Waals surface area contributed by atoms with Gasteiger partial charge in [-0.25, -0.2) is 0 Å². The molecule has 118 valence electrons. The van der Waals surface area contributed by atoms with Crippen molar-refractivity contribution < 1.29 is 14.6 Å². The van der Waals surface area contributed by atoms with Crippen LogP contribution in [0.15, 0.2) is 18.2 Å². The van der Waals surface area contributed by atoms with Gasteiger partial charge in [0.1, 0.15) is 5.75 Å². The Morgan fingerprint density at radius 1 is 1.38 bits per heavy atom. The minimum Gasteiger partial charge on any atom is -0.493 e. The molecule has 2 N–H and O–H groups in total. The van der Waals surface area contributed by atoms with Crippen molar-refractivity contribution in [2.75, 3.05) is 26.9 Å². The number of benzene rings is 1. The molecule has 0 amide bonds. The summed E-state index contributed by atoms with van der Waals surface area (Å²) >= 11 is 0. The van der Waals surface area contributed by atoms with Crippen molar-refractivity contribution in [3.63, 3.8) is 0 Å². The molecule has 21 heavy (non-hydrogen) atoms. The van der Waals surface area contributed by atoms with Crippen LogP contribution in [0.2, 0.25) is 0 Å². The van der Waals surface area contributed by atoms with E-state index in [-0.39, 0.29) is 0 Å². The second kappa shape index (κ2) is 7.78. The van der Waals surface area contributed by atoms with E-state index in [1.165, 1.54) is 11.1 Å². The van der Waals surface area contributed by atoms with E-state index in [2.05, 4.69) is 37.4 Å².